The summed E-state index contributed by atoms with van der Waals surface area (Å²) in [5.41, 5.74) is 1.13. The molecule has 0 amide bonds. The van der Waals surface area contributed by atoms with Crippen molar-refractivity contribution in [3.8, 4) is 0 Å². The van der Waals surface area contributed by atoms with Crippen molar-refractivity contribution in [3.63, 3.8) is 0 Å². The van der Waals surface area contributed by atoms with Crippen molar-refractivity contribution < 1.29 is 19.1 Å². The Kier molecular flexibility index (Phi) is 5.51. The zero-order valence-electron chi connectivity index (χ0n) is 14.2. The van der Waals surface area contributed by atoms with Crippen LogP contribution in [0.15, 0.2) is 35.6 Å². The van der Waals surface area contributed by atoms with Gasteiger partial charge in [-0.15, -0.1) is 0 Å². The van der Waals surface area contributed by atoms with Gasteiger partial charge in [0.2, 0.25) is 0 Å². The minimum absolute atomic E-state index is 0.0533. The first kappa shape index (κ1) is 17.0. The van der Waals surface area contributed by atoms with Crippen LogP contribution in [0.25, 0.3) is 0 Å². The van der Waals surface area contributed by atoms with Gasteiger partial charge in [-0.1, -0.05) is 12.2 Å². The van der Waals surface area contributed by atoms with Crippen molar-refractivity contribution in [2.24, 2.45) is 5.92 Å². The molecule has 0 aromatic carbocycles. The molecule has 0 aliphatic carbocycles. The number of carbonyl (C=O) groups excluding carboxylic acids is 2. The van der Waals surface area contributed by atoms with E-state index in [2.05, 4.69) is 11.0 Å². The lowest BCUT2D eigenvalue weighted by Crippen LogP contribution is -2.49. The Morgan fingerprint density at radius 1 is 1.38 bits per heavy atom. The number of carbonyl (C=O) groups is 2. The fraction of sp³-hybridized carbons (Fsp3) is 0.579. The lowest BCUT2D eigenvalue weighted by atomic mass is 9.79. The molecule has 3 rings (SSSR count). The number of esters is 2. The monoisotopic (exact) mass is 331 g/mol. The van der Waals surface area contributed by atoms with Crippen molar-refractivity contribution in [1.82, 2.24) is 4.90 Å². The van der Waals surface area contributed by atoms with E-state index in [1.165, 1.54) is 24.5 Å². The second kappa shape index (κ2) is 7.79. The maximum atomic E-state index is 12.3. The average molecular weight is 331 g/mol. The fourth-order valence-electron chi connectivity index (χ4n) is 3.99. The van der Waals surface area contributed by atoms with E-state index in [0.717, 1.165) is 32.4 Å². The maximum Gasteiger partial charge on any atom is 0.350 e. The van der Waals surface area contributed by atoms with Gasteiger partial charge in [-0.25, -0.2) is 9.59 Å². The summed E-state index contributed by atoms with van der Waals surface area (Å²) in [5, 5.41) is 0. The molecule has 3 aliphatic heterocycles. The molecule has 2 atom stereocenters. The van der Waals surface area contributed by atoms with Gasteiger partial charge in [0.15, 0.2) is 0 Å². The highest BCUT2D eigenvalue weighted by molar-refractivity contribution is 6.14. The Hall–Kier alpha value is -1.88. The molecule has 0 aromatic rings. The van der Waals surface area contributed by atoms with E-state index in [4.69, 9.17) is 9.47 Å². The molecule has 0 spiro atoms. The Bertz CT molecular complexity index is 588. The van der Waals surface area contributed by atoms with Crippen LogP contribution >= 0.6 is 0 Å². The number of hydrogen-bond donors (Lipinski definition) is 0. The van der Waals surface area contributed by atoms with E-state index in [-0.39, 0.29) is 12.2 Å². The molecule has 0 N–H and O–H groups in total. The summed E-state index contributed by atoms with van der Waals surface area (Å²) in [6.07, 6.45) is 12.3. The topological polar surface area (TPSA) is 55.8 Å². The molecule has 0 radical (unpaired) electrons. The van der Waals surface area contributed by atoms with Crippen LogP contribution in [-0.4, -0.2) is 42.6 Å². The van der Waals surface area contributed by atoms with Crippen molar-refractivity contribution in [2.75, 3.05) is 19.7 Å². The normalized spacial score (nSPS) is 33.6. The van der Waals surface area contributed by atoms with E-state index in [0.29, 0.717) is 12.0 Å². The smallest absolute Gasteiger partial charge is 0.350 e. The molecule has 2 unspecified atom stereocenters. The molecule has 3 aliphatic rings. The summed E-state index contributed by atoms with van der Waals surface area (Å²) < 4.78 is 10.3. The molecule has 0 bridgehead atoms. The number of piperidine rings is 2. The van der Waals surface area contributed by atoms with E-state index in [1.807, 2.05) is 0 Å². The lowest BCUT2D eigenvalue weighted by molar-refractivity contribution is -0.144. The predicted octanol–water partition coefficient (Wildman–Crippen LogP) is 2.74. The molecule has 5 nitrogen and oxygen atoms in total. The Morgan fingerprint density at radius 2 is 2.21 bits per heavy atom. The summed E-state index contributed by atoms with van der Waals surface area (Å²) in [5.74, 6) is -0.734. The van der Waals surface area contributed by atoms with Gasteiger partial charge in [-0.05, 0) is 69.7 Å². The van der Waals surface area contributed by atoms with Crippen LogP contribution in [0.3, 0.4) is 0 Å². The van der Waals surface area contributed by atoms with Gasteiger partial charge >= 0.3 is 11.9 Å². The highest BCUT2D eigenvalue weighted by atomic mass is 16.5. The SMILES string of the molecule is CCOC(=O)/C1=C/C=C/CC2CCCN3CCC/C(=C\OC1=O)C23. The van der Waals surface area contributed by atoms with Gasteiger partial charge in [0.1, 0.15) is 5.57 Å². The minimum atomic E-state index is -0.642. The standard InChI is InChI=1S/C19H25NO4/c1-2-23-18(21)16-10-4-3-7-14-8-5-11-20-12-6-9-15(17(14)20)13-24-19(16)22/h3-4,10,13-14,17H,2,5-9,11-12H2,1H3/b4-3+,15-13+,16-10-. The van der Waals surface area contributed by atoms with E-state index in [9.17, 15) is 9.59 Å². The molecular formula is C19H25NO4. The maximum absolute atomic E-state index is 12.3. The van der Waals surface area contributed by atoms with Crippen LogP contribution in [0.5, 0.6) is 0 Å². The fourth-order valence-corrected chi connectivity index (χ4v) is 3.99. The van der Waals surface area contributed by atoms with Crippen molar-refractivity contribution in [3.05, 3.63) is 35.6 Å². The number of ether oxygens (including phenoxy) is 2. The van der Waals surface area contributed by atoms with E-state index >= 15 is 0 Å². The summed E-state index contributed by atoms with van der Waals surface area (Å²) in [6, 6.07) is 0.356. The molecular weight excluding hydrogens is 306 g/mol. The van der Waals surface area contributed by atoms with Crippen LogP contribution in [0.2, 0.25) is 0 Å². The molecule has 0 saturated carbocycles. The Balaban J connectivity index is 1.88. The Labute approximate surface area is 143 Å². The predicted molar refractivity (Wildman–Crippen MR) is 90.0 cm³/mol. The highest BCUT2D eigenvalue weighted by Crippen LogP contribution is 2.36. The van der Waals surface area contributed by atoms with E-state index in [1.54, 1.807) is 19.3 Å². The Morgan fingerprint density at radius 3 is 3.04 bits per heavy atom. The van der Waals surface area contributed by atoms with Crippen LogP contribution in [0.1, 0.15) is 39.0 Å². The summed E-state index contributed by atoms with van der Waals surface area (Å²) in [6.45, 7) is 4.17. The molecule has 5 heteroatoms. The first-order chi connectivity index (χ1) is 11.7. The van der Waals surface area contributed by atoms with Crippen molar-refractivity contribution in [1.29, 1.82) is 0 Å². The number of nitrogens with zero attached hydrogens (tertiary/aromatic N) is 1. The summed E-state index contributed by atoms with van der Waals surface area (Å²) >= 11 is 0. The quantitative estimate of drug-likeness (QED) is 0.575. The number of allylic oxidation sites excluding steroid dienone is 3. The second-order valence-corrected chi connectivity index (χ2v) is 6.55. The van der Waals surface area contributed by atoms with Gasteiger partial charge in [-0.2, -0.15) is 0 Å². The molecule has 3 heterocycles. The van der Waals surface area contributed by atoms with Crippen LogP contribution in [-0.2, 0) is 19.1 Å². The lowest BCUT2D eigenvalue weighted by Gasteiger charge is -2.45. The van der Waals surface area contributed by atoms with Crippen LogP contribution in [0, 0.1) is 5.92 Å². The van der Waals surface area contributed by atoms with Gasteiger partial charge in [-0.3, -0.25) is 4.90 Å². The number of cyclic esters (lactones) is 1. The molecule has 2 saturated heterocycles. The molecule has 130 valence electrons. The zero-order chi connectivity index (χ0) is 16.9. The largest absolute Gasteiger partial charge is 0.462 e. The van der Waals surface area contributed by atoms with Crippen LogP contribution < -0.4 is 0 Å². The third-order valence-electron chi connectivity index (χ3n) is 5.02. The van der Waals surface area contributed by atoms with Crippen LogP contribution in [0.4, 0.5) is 0 Å². The second-order valence-electron chi connectivity index (χ2n) is 6.55. The van der Waals surface area contributed by atoms with Crippen molar-refractivity contribution in [2.45, 2.75) is 45.1 Å². The van der Waals surface area contributed by atoms with Gasteiger partial charge < -0.3 is 9.47 Å². The number of rotatable bonds is 2. The first-order valence-electron chi connectivity index (χ1n) is 8.88. The minimum Gasteiger partial charge on any atom is -0.462 e. The van der Waals surface area contributed by atoms with Gasteiger partial charge in [0, 0.05) is 6.04 Å². The average Bonchev–Trinajstić information content (AvgIpc) is 2.62. The summed E-state index contributed by atoms with van der Waals surface area (Å²) in [4.78, 5) is 26.8. The summed E-state index contributed by atoms with van der Waals surface area (Å²) in [7, 11) is 0. The molecule has 2 fully saturated rings. The first-order valence-corrected chi connectivity index (χ1v) is 8.88. The number of hydrogen-bond acceptors (Lipinski definition) is 5. The third-order valence-corrected chi connectivity index (χ3v) is 5.02. The zero-order valence-corrected chi connectivity index (χ0v) is 14.2. The third kappa shape index (κ3) is 3.61. The molecule has 0 aromatic heterocycles. The van der Waals surface area contributed by atoms with Gasteiger partial charge in [0.05, 0.1) is 12.9 Å². The van der Waals surface area contributed by atoms with Crippen molar-refractivity contribution >= 4 is 11.9 Å². The van der Waals surface area contributed by atoms with Gasteiger partial charge in [0.25, 0.3) is 0 Å². The van der Waals surface area contributed by atoms with E-state index < -0.39 is 11.9 Å². The molecule has 24 heavy (non-hydrogen) atoms. The highest BCUT2D eigenvalue weighted by Gasteiger charge is 2.36.